The molecule has 0 aliphatic heterocycles. The molecule has 3 atom stereocenters. The predicted octanol–water partition coefficient (Wildman–Crippen LogP) is 10.3. The third-order valence-electron chi connectivity index (χ3n) is 9.15. The minimum Gasteiger partial charge on any atom is -0.462 e. The Morgan fingerprint density at radius 2 is 0.800 bits per heavy atom. The first-order chi connectivity index (χ1) is 21.0. The third kappa shape index (κ3) is 15.7. The standard InChI is InChI=1S/C39H66O6/c1-25(2)13-16-32(28(7)8)22-43-37(40)31-19-20-35(38(41)44-23-33(29(9)10)17-14-26(3)4)36(21-31)39(42)45-24-34(30(11)12)18-15-27(5)6/h19-21,25-30,32-34H,13-18,22-24H2,1-12H3. The van der Waals surface area contributed by atoms with Gasteiger partial charge in [-0.15, -0.1) is 0 Å². The Balaban J connectivity index is 3.24. The molecule has 258 valence electrons. The molecule has 0 spiro atoms. The van der Waals surface area contributed by atoms with Crippen molar-refractivity contribution >= 4 is 17.9 Å². The number of esters is 3. The summed E-state index contributed by atoms with van der Waals surface area (Å²) in [6.45, 7) is 26.8. The maximum Gasteiger partial charge on any atom is 0.339 e. The van der Waals surface area contributed by atoms with E-state index in [-0.39, 0.29) is 47.7 Å². The van der Waals surface area contributed by atoms with E-state index in [2.05, 4.69) is 83.1 Å². The highest BCUT2D eigenvalue weighted by atomic mass is 16.5. The van der Waals surface area contributed by atoms with Crippen LogP contribution in [-0.4, -0.2) is 37.7 Å². The van der Waals surface area contributed by atoms with Gasteiger partial charge in [-0.1, -0.05) is 102 Å². The molecular formula is C39H66O6. The maximum atomic E-state index is 13.6. The molecule has 45 heavy (non-hydrogen) atoms. The van der Waals surface area contributed by atoms with E-state index in [0.29, 0.717) is 42.1 Å². The molecule has 6 nitrogen and oxygen atoms in total. The summed E-state index contributed by atoms with van der Waals surface area (Å²) < 4.78 is 17.4. The van der Waals surface area contributed by atoms with Crippen LogP contribution in [0.15, 0.2) is 18.2 Å². The highest BCUT2D eigenvalue weighted by Crippen LogP contribution is 2.25. The fraction of sp³-hybridized carbons (Fsp3) is 0.769. The number of hydrogen-bond acceptors (Lipinski definition) is 6. The van der Waals surface area contributed by atoms with E-state index in [1.165, 1.54) is 12.1 Å². The smallest absolute Gasteiger partial charge is 0.339 e. The largest absolute Gasteiger partial charge is 0.462 e. The fourth-order valence-electron chi connectivity index (χ4n) is 5.27. The Kier molecular flexibility index (Phi) is 18.7. The van der Waals surface area contributed by atoms with Crippen LogP contribution in [0.3, 0.4) is 0 Å². The van der Waals surface area contributed by atoms with Gasteiger partial charge in [-0.2, -0.15) is 0 Å². The van der Waals surface area contributed by atoms with Crippen molar-refractivity contribution in [3.05, 3.63) is 34.9 Å². The maximum absolute atomic E-state index is 13.6. The molecule has 0 fully saturated rings. The zero-order valence-corrected chi connectivity index (χ0v) is 30.7. The first kappa shape index (κ1) is 40.7. The van der Waals surface area contributed by atoms with Crippen LogP contribution >= 0.6 is 0 Å². The molecule has 0 saturated heterocycles. The van der Waals surface area contributed by atoms with E-state index >= 15 is 0 Å². The second-order valence-corrected chi connectivity index (χ2v) is 15.5. The number of ether oxygens (including phenoxy) is 3. The lowest BCUT2D eigenvalue weighted by molar-refractivity contribution is 0.0341. The minimum atomic E-state index is -0.621. The first-order valence-corrected chi connectivity index (χ1v) is 17.7. The summed E-state index contributed by atoms with van der Waals surface area (Å²) in [7, 11) is 0. The van der Waals surface area contributed by atoms with Gasteiger partial charge >= 0.3 is 17.9 Å². The van der Waals surface area contributed by atoms with Crippen molar-refractivity contribution < 1.29 is 28.6 Å². The van der Waals surface area contributed by atoms with Crippen LogP contribution in [0.2, 0.25) is 0 Å². The average molecular weight is 631 g/mol. The van der Waals surface area contributed by atoms with Crippen LogP contribution in [0.5, 0.6) is 0 Å². The highest BCUT2D eigenvalue weighted by Gasteiger charge is 2.26. The lowest BCUT2D eigenvalue weighted by Gasteiger charge is -2.23. The number of carbonyl (C=O) groups excluding carboxylic acids is 3. The molecule has 0 saturated carbocycles. The molecule has 1 aromatic carbocycles. The SMILES string of the molecule is CC(C)CCC(COC(=O)c1ccc(C(=O)OCC(CCC(C)C)C(C)C)c(C(=O)OCC(CCC(C)C)C(C)C)c1)C(C)C. The molecule has 0 aliphatic carbocycles. The molecule has 0 radical (unpaired) electrons. The Hall–Kier alpha value is -2.37. The number of rotatable bonds is 21. The van der Waals surface area contributed by atoms with Gasteiger partial charge < -0.3 is 14.2 Å². The summed E-state index contributed by atoms with van der Waals surface area (Å²) in [5, 5.41) is 0. The predicted molar refractivity (Wildman–Crippen MR) is 184 cm³/mol. The van der Waals surface area contributed by atoms with E-state index in [4.69, 9.17) is 14.2 Å². The summed E-state index contributed by atoms with van der Waals surface area (Å²) in [5.41, 5.74) is 0.384. The van der Waals surface area contributed by atoms with E-state index in [9.17, 15) is 14.4 Å². The van der Waals surface area contributed by atoms with Crippen molar-refractivity contribution in [3.63, 3.8) is 0 Å². The zero-order valence-electron chi connectivity index (χ0n) is 30.7. The molecule has 6 heteroatoms. The van der Waals surface area contributed by atoms with Crippen molar-refractivity contribution in [2.45, 2.75) is 122 Å². The summed E-state index contributed by atoms with van der Waals surface area (Å²) in [6.07, 6.45) is 6.05. The van der Waals surface area contributed by atoms with Crippen molar-refractivity contribution in [3.8, 4) is 0 Å². The van der Waals surface area contributed by atoms with Gasteiger partial charge in [0, 0.05) is 0 Å². The van der Waals surface area contributed by atoms with Crippen molar-refractivity contribution in [1.29, 1.82) is 0 Å². The Morgan fingerprint density at radius 1 is 0.467 bits per heavy atom. The Bertz CT molecular complexity index is 1020. The van der Waals surface area contributed by atoms with E-state index in [1.54, 1.807) is 6.07 Å². The molecule has 0 aliphatic rings. The summed E-state index contributed by atoms with van der Waals surface area (Å²) in [4.78, 5) is 40.2. The van der Waals surface area contributed by atoms with Crippen molar-refractivity contribution in [2.24, 2.45) is 53.3 Å². The van der Waals surface area contributed by atoms with Crippen LogP contribution in [0.1, 0.15) is 153 Å². The minimum absolute atomic E-state index is 0.0457. The van der Waals surface area contributed by atoms with Crippen molar-refractivity contribution in [2.75, 3.05) is 19.8 Å². The van der Waals surface area contributed by atoms with Crippen LogP contribution < -0.4 is 0 Å². The Morgan fingerprint density at radius 3 is 1.13 bits per heavy atom. The zero-order chi connectivity index (χ0) is 34.3. The normalized spacial score (nSPS) is 14.0. The molecule has 1 rings (SSSR count). The van der Waals surface area contributed by atoms with Gasteiger partial charge in [0.15, 0.2) is 0 Å². The second kappa shape index (κ2) is 20.7. The van der Waals surface area contributed by atoms with Gasteiger partial charge in [-0.05, 0) is 90.7 Å². The van der Waals surface area contributed by atoms with Gasteiger partial charge in [0.05, 0.1) is 36.5 Å². The summed E-state index contributed by atoms with van der Waals surface area (Å²) in [6, 6.07) is 4.49. The topological polar surface area (TPSA) is 78.9 Å². The second-order valence-electron chi connectivity index (χ2n) is 15.5. The lowest BCUT2D eigenvalue weighted by atomic mass is 9.89. The van der Waals surface area contributed by atoms with Crippen LogP contribution in [0, 0.1) is 53.3 Å². The summed E-state index contributed by atoms with van der Waals surface area (Å²) in [5.74, 6) is 1.73. The number of carbonyl (C=O) groups is 3. The monoisotopic (exact) mass is 630 g/mol. The van der Waals surface area contributed by atoms with Gasteiger partial charge in [-0.3, -0.25) is 0 Å². The quantitative estimate of drug-likeness (QED) is 0.0993. The highest BCUT2D eigenvalue weighted by molar-refractivity contribution is 6.05. The Labute approximate surface area is 275 Å². The van der Waals surface area contributed by atoms with Crippen LogP contribution in [-0.2, 0) is 14.2 Å². The van der Waals surface area contributed by atoms with Crippen molar-refractivity contribution in [1.82, 2.24) is 0 Å². The molecule has 0 heterocycles. The molecule has 0 aromatic heterocycles. The molecule has 3 unspecified atom stereocenters. The third-order valence-corrected chi connectivity index (χ3v) is 9.15. The number of benzene rings is 1. The molecule has 0 bridgehead atoms. The first-order valence-electron chi connectivity index (χ1n) is 17.7. The van der Waals surface area contributed by atoms with E-state index in [0.717, 1.165) is 38.5 Å². The van der Waals surface area contributed by atoms with Crippen LogP contribution in [0.4, 0.5) is 0 Å². The lowest BCUT2D eigenvalue weighted by Crippen LogP contribution is -2.23. The van der Waals surface area contributed by atoms with Gasteiger partial charge in [-0.25, -0.2) is 14.4 Å². The van der Waals surface area contributed by atoms with Gasteiger partial charge in [0.2, 0.25) is 0 Å². The molecule has 0 N–H and O–H groups in total. The van der Waals surface area contributed by atoms with Gasteiger partial charge in [0.1, 0.15) is 0 Å². The molecule has 1 aromatic rings. The number of hydrogen-bond donors (Lipinski definition) is 0. The fourth-order valence-corrected chi connectivity index (χ4v) is 5.27. The molecular weight excluding hydrogens is 564 g/mol. The summed E-state index contributed by atoms with van der Waals surface area (Å²) >= 11 is 0. The van der Waals surface area contributed by atoms with E-state index in [1.807, 2.05) is 0 Å². The molecule has 0 amide bonds. The van der Waals surface area contributed by atoms with Crippen LogP contribution in [0.25, 0.3) is 0 Å². The average Bonchev–Trinajstić information content (AvgIpc) is 2.95. The van der Waals surface area contributed by atoms with Gasteiger partial charge in [0.25, 0.3) is 0 Å². The van der Waals surface area contributed by atoms with E-state index < -0.39 is 17.9 Å².